The van der Waals surface area contributed by atoms with E-state index in [0.29, 0.717) is 28.7 Å². The van der Waals surface area contributed by atoms with Crippen LogP contribution in [-0.4, -0.2) is 22.1 Å². The topological polar surface area (TPSA) is 55.8 Å². The highest BCUT2D eigenvalue weighted by atomic mass is 16.5. The molecule has 2 heterocycles. The second-order valence-electron chi connectivity index (χ2n) is 9.15. The molecule has 0 spiro atoms. The summed E-state index contributed by atoms with van der Waals surface area (Å²) < 4.78 is 12.8. The number of aromatic hydroxyl groups is 1. The second kappa shape index (κ2) is 4.93. The van der Waals surface area contributed by atoms with Crippen LogP contribution in [-0.2, 0) is 0 Å². The van der Waals surface area contributed by atoms with Gasteiger partial charge in [-0.2, -0.15) is 0 Å². The zero-order valence-corrected chi connectivity index (χ0v) is 16.0. The van der Waals surface area contributed by atoms with E-state index in [1.54, 1.807) is 0 Å². The molecule has 1 aliphatic carbocycles. The predicted molar refractivity (Wildman–Crippen MR) is 95.8 cm³/mol. The zero-order chi connectivity index (χ0) is 18.3. The van der Waals surface area contributed by atoms with Crippen LogP contribution in [0.3, 0.4) is 0 Å². The van der Waals surface area contributed by atoms with Crippen LogP contribution in [0.15, 0.2) is 0 Å². The molecule has 0 aromatic heterocycles. The minimum absolute atomic E-state index is 0.0188. The van der Waals surface area contributed by atoms with E-state index in [0.717, 1.165) is 30.6 Å². The van der Waals surface area contributed by atoms with Gasteiger partial charge in [0, 0.05) is 28.9 Å². The fourth-order valence-electron chi connectivity index (χ4n) is 5.12. The molecule has 1 aromatic carbocycles. The number of phenolic OH excluding ortho intramolecular Hbond substituents is 1. The molecule has 0 saturated heterocycles. The Morgan fingerprint density at radius 3 is 2.52 bits per heavy atom. The summed E-state index contributed by atoms with van der Waals surface area (Å²) in [6.07, 6.45) is 2.95. The van der Waals surface area contributed by atoms with Crippen LogP contribution in [0.5, 0.6) is 17.2 Å². The van der Waals surface area contributed by atoms with Crippen molar-refractivity contribution in [3.8, 4) is 17.2 Å². The number of rotatable bonds is 2. The molecular weight excluding hydrogens is 316 g/mol. The summed E-state index contributed by atoms with van der Waals surface area (Å²) in [6, 6.07) is 0. The maximum absolute atomic E-state index is 12.9. The SMILES string of the molecule is Cc1c(O)c(C(=O)C(C)C)c2c3c1OC(C)(C)[C@@H]1CC[C@@](C)(C[C@@H]31)O2. The molecule has 2 aliphatic heterocycles. The van der Waals surface area contributed by atoms with Crippen molar-refractivity contribution in [1.29, 1.82) is 0 Å². The van der Waals surface area contributed by atoms with Crippen LogP contribution in [0.25, 0.3) is 0 Å². The standard InChI is InChI=1S/C21H28O4/c1-10(2)16(22)15-17(23)11(3)18-14-12-9-21(6,25-19(14)15)8-7-13(12)20(4,5)24-18/h10,12-13,23H,7-9H2,1-6H3/t12-,13-,21+/m1/s1. The number of hydrogen-bond donors (Lipinski definition) is 1. The van der Waals surface area contributed by atoms with Gasteiger partial charge in [0.05, 0.1) is 0 Å². The van der Waals surface area contributed by atoms with Crippen molar-refractivity contribution in [2.24, 2.45) is 11.8 Å². The van der Waals surface area contributed by atoms with Gasteiger partial charge in [0.2, 0.25) is 0 Å². The summed E-state index contributed by atoms with van der Waals surface area (Å²) in [6.45, 7) is 12.0. The Hall–Kier alpha value is -1.71. The van der Waals surface area contributed by atoms with E-state index in [1.165, 1.54) is 0 Å². The first-order valence-electron chi connectivity index (χ1n) is 9.37. The Morgan fingerprint density at radius 2 is 1.88 bits per heavy atom. The molecule has 3 aliphatic rings. The molecular formula is C21H28O4. The van der Waals surface area contributed by atoms with Gasteiger partial charge < -0.3 is 14.6 Å². The van der Waals surface area contributed by atoms with Crippen molar-refractivity contribution in [1.82, 2.24) is 0 Å². The molecule has 0 amide bonds. The summed E-state index contributed by atoms with van der Waals surface area (Å²) in [4.78, 5) is 12.9. The summed E-state index contributed by atoms with van der Waals surface area (Å²) in [5.41, 5.74) is 1.47. The van der Waals surface area contributed by atoms with Crippen LogP contribution in [0.2, 0.25) is 0 Å². The molecule has 2 bridgehead atoms. The van der Waals surface area contributed by atoms with E-state index in [2.05, 4.69) is 20.8 Å². The number of hydrogen-bond acceptors (Lipinski definition) is 4. The van der Waals surface area contributed by atoms with Gasteiger partial charge in [0.1, 0.15) is 34.0 Å². The lowest BCUT2D eigenvalue weighted by atomic mass is 9.61. The number of ether oxygens (including phenoxy) is 2. The highest BCUT2D eigenvalue weighted by Crippen LogP contribution is 2.63. The van der Waals surface area contributed by atoms with Gasteiger partial charge in [-0.1, -0.05) is 13.8 Å². The average molecular weight is 344 g/mol. The highest BCUT2D eigenvalue weighted by Gasteiger charge is 2.55. The minimum Gasteiger partial charge on any atom is -0.507 e. The number of ketones is 1. The monoisotopic (exact) mass is 344 g/mol. The largest absolute Gasteiger partial charge is 0.507 e. The summed E-state index contributed by atoms with van der Waals surface area (Å²) >= 11 is 0. The second-order valence-corrected chi connectivity index (χ2v) is 9.15. The molecule has 4 heteroatoms. The van der Waals surface area contributed by atoms with Gasteiger partial charge in [-0.15, -0.1) is 0 Å². The highest BCUT2D eigenvalue weighted by molar-refractivity contribution is 6.04. The normalized spacial score (nSPS) is 31.3. The zero-order valence-electron chi connectivity index (χ0n) is 16.0. The van der Waals surface area contributed by atoms with E-state index in [1.807, 2.05) is 20.8 Å². The summed E-state index contributed by atoms with van der Waals surface area (Å²) in [7, 11) is 0. The molecule has 136 valence electrons. The lowest BCUT2D eigenvalue weighted by molar-refractivity contribution is -0.0735. The predicted octanol–water partition coefficient (Wildman–Crippen LogP) is 4.75. The van der Waals surface area contributed by atoms with Gasteiger partial charge in [-0.05, 0) is 47.0 Å². The van der Waals surface area contributed by atoms with Crippen molar-refractivity contribution in [3.05, 3.63) is 16.7 Å². The molecule has 25 heavy (non-hydrogen) atoms. The Kier molecular flexibility index (Phi) is 3.30. The molecule has 0 unspecified atom stereocenters. The van der Waals surface area contributed by atoms with E-state index in [9.17, 15) is 9.90 Å². The Balaban J connectivity index is 2.05. The van der Waals surface area contributed by atoms with Gasteiger partial charge in [-0.3, -0.25) is 4.79 Å². The van der Waals surface area contributed by atoms with Gasteiger partial charge in [0.15, 0.2) is 5.78 Å². The van der Waals surface area contributed by atoms with Crippen molar-refractivity contribution >= 4 is 5.78 Å². The van der Waals surface area contributed by atoms with E-state index in [4.69, 9.17) is 9.47 Å². The Labute approximate surface area is 149 Å². The maximum Gasteiger partial charge on any atom is 0.172 e. The van der Waals surface area contributed by atoms with Crippen molar-refractivity contribution in [2.45, 2.75) is 77.9 Å². The maximum atomic E-state index is 12.9. The van der Waals surface area contributed by atoms with Crippen LogP contribution >= 0.6 is 0 Å². The van der Waals surface area contributed by atoms with Gasteiger partial charge >= 0.3 is 0 Å². The Morgan fingerprint density at radius 1 is 1.20 bits per heavy atom. The van der Waals surface area contributed by atoms with E-state index in [-0.39, 0.29) is 28.7 Å². The van der Waals surface area contributed by atoms with Crippen molar-refractivity contribution < 1.29 is 19.4 Å². The molecule has 4 rings (SSSR count). The number of Topliss-reactive ketones (excluding diaryl/α,β-unsaturated/α-hetero) is 1. The van der Waals surface area contributed by atoms with Crippen LogP contribution in [0.4, 0.5) is 0 Å². The number of fused-ring (bicyclic) bond motifs is 1. The first-order chi connectivity index (χ1) is 11.6. The van der Waals surface area contributed by atoms with Crippen LogP contribution in [0, 0.1) is 18.8 Å². The fourth-order valence-corrected chi connectivity index (χ4v) is 5.12. The van der Waals surface area contributed by atoms with Gasteiger partial charge in [-0.25, -0.2) is 0 Å². The molecule has 1 fully saturated rings. The number of phenols is 1. The molecule has 4 nitrogen and oxygen atoms in total. The van der Waals surface area contributed by atoms with Gasteiger partial charge in [0.25, 0.3) is 0 Å². The minimum atomic E-state index is -0.283. The third-order valence-corrected chi connectivity index (χ3v) is 6.52. The van der Waals surface area contributed by atoms with E-state index >= 15 is 0 Å². The number of benzene rings is 1. The first kappa shape index (κ1) is 16.7. The lowest BCUT2D eigenvalue weighted by Gasteiger charge is -2.55. The first-order valence-corrected chi connectivity index (χ1v) is 9.37. The number of carbonyl (C=O) groups excluding carboxylic acids is 1. The molecule has 1 saturated carbocycles. The van der Waals surface area contributed by atoms with Crippen molar-refractivity contribution in [3.63, 3.8) is 0 Å². The summed E-state index contributed by atoms with van der Waals surface area (Å²) in [5, 5.41) is 10.8. The third-order valence-electron chi connectivity index (χ3n) is 6.52. The number of carbonyl (C=O) groups is 1. The average Bonchev–Trinajstić information content (AvgIpc) is 2.50. The van der Waals surface area contributed by atoms with Crippen LogP contribution in [0.1, 0.15) is 81.3 Å². The molecule has 1 N–H and O–H groups in total. The molecule has 0 radical (unpaired) electrons. The molecule has 3 atom stereocenters. The fraction of sp³-hybridized carbons (Fsp3) is 0.667. The third kappa shape index (κ3) is 2.15. The van der Waals surface area contributed by atoms with Crippen molar-refractivity contribution in [2.75, 3.05) is 0 Å². The quantitative estimate of drug-likeness (QED) is 0.787. The smallest absolute Gasteiger partial charge is 0.172 e. The summed E-state index contributed by atoms with van der Waals surface area (Å²) in [5.74, 6) is 1.78. The lowest BCUT2D eigenvalue weighted by Crippen LogP contribution is -2.54. The molecule has 1 aromatic rings. The van der Waals surface area contributed by atoms with E-state index < -0.39 is 0 Å². The van der Waals surface area contributed by atoms with Crippen LogP contribution < -0.4 is 9.47 Å². The Bertz CT molecular complexity index is 777.